The molecule has 0 aliphatic carbocycles. The lowest BCUT2D eigenvalue weighted by Gasteiger charge is -2.10. The van der Waals surface area contributed by atoms with Gasteiger partial charge in [-0.25, -0.2) is 4.39 Å². The molecule has 1 heterocycles. The molecule has 1 aromatic carbocycles. The number of benzene rings is 1. The highest BCUT2D eigenvalue weighted by Crippen LogP contribution is 2.19. The van der Waals surface area contributed by atoms with E-state index in [1.54, 1.807) is 12.1 Å². The highest BCUT2D eigenvalue weighted by molar-refractivity contribution is 5.25. The van der Waals surface area contributed by atoms with E-state index in [1.807, 2.05) is 0 Å². The molecule has 6 heteroatoms. The largest absolute Gasteiger partial charge is 0.329 e. The molecule has 0 radical (unpaired) electrons. The summed E-state index contributed by atoms with van der Waals surface area (Å²) in [6.07, 6.45) is 0. The van der Waals surface area contributed by atoms with E-state index in [2.05, 4.69) is 20.6 Å². The van der Waals surface area contributed by atoms with Gasteiger partial charge in [0.05, 0.1) is 5.92 Å². The van der Waals surface area contributed by atoms with E-state index in [4.69, 9.17) is 5.73 Å². The molecule has 5 nitrogen and oxygen atoms in total. The van der Waals surface area contributed by atoms with Gasteiger partial charge in [-0.05, 0) is 17.7 Å². The zero-order valence-corrected chi connectivity index (χ0v) is 7.89. The summed E-state index contributed by atoms with van der Waals surface area (Å²) in [5.74, 6) is 0.0936. The van der Waals surface area contributed by atoms with Gasteiger partial charge in [0, 0.05) is 6.54 Å². The van der Waals surface area contributed by atoms with Crippen LogP contribution in [0.25, 0.3) is 0 Å². The summed E-state index contributed by atoms with van der Waals surface area (Å²) < 4.78 is 12.7. The lowest BCUT2D eigenvalue weighted by molar-refractivity contribution is 0.625. The molecule has 0 amide bonds. The van der Waals surface area contributed by atoms with Crippen LogP contribution in [0, 0.1) is 5.82 Å². The van der Waals surface area contributed by atoms with Crippen molar-refractivity contribution in [3.8, 4) is 0 Å². The summed E-state index contributed by atoms with van der Waals surface area (Å²) >= 11 is 0. The number of rotatable bonds is 3. The number of nitrogens with two attached hydrogens (primary N) is 1. The fourth-order valence-electron chi connectivity index (χ4n) is 1.40. The van der Waals surface area contributed by atoms with Crippen molar-refractivity contribution in [2.75, 3.05) is 6.54 Å². The molecule has 0 aliphatic rings. The van der Waals surface area contributed by atoms with Gasteiger partial charge in [0.25, 0.3) is 0 Å². The van der Waals surface area contributed by atoms with Crippen LogP contribution in [0.5, 0.6) is 0 Å². The van der Waals surface area contributed by atoms with E-state index in [0.29, 0.717) is 12.4 Å². The molecule has 0 saturated carbocycles. The van der Waals surface area contributed by atoms with Crippen LogP contribution in [0.15, 0.2) is 24.3 Å². The molecule has 1 unspecified atom stereocenters. The number of aromatic nitrogens is 4. The van der Waals surface area contributed by atoms with E-state index < -0.39 is 0 Å². The fraction of sp³-hybridized carbons (Fsp3) is 0.222. The molecule has 1 aromatic heterocycles. The first-order valence-electron chi connectivity index (χ1n) is 4.50. The summed E-state index contributed by atoms with van der Waals surface area (Å²) in [5, 5.41) is 13.6. The first-order valence-corrected chi connectivity index (χ1v) is 4.50. The average molecular weight is 207 g/mol. The van der Waals surface area contributed by atoms with Crippen LogP contribution >= 0.6 is 0 Å². The van der Waals surface area contributed by atoms with E-state index in [-0.39, 0.29) is 11.7 Å². The molecule has 15 heavy (non-hydrogen) atoms. The normalized spacial score (nSPS) is 12.7. The Morgan fingerprint density at radius 3 is 2.60 bits per heavy atom. The topological polar surface area (TPSA) is 80.5 Å². The van der Waals surface area contributed by atoms with E-state index in [9.17, 15) is 4.39 Å². The maximum absolute atomic E-state index is 12.7. The second kappa shape index (κ2) is 4.14. The molecule has 0 aliphatic heterocycles. The third-order valence-electron chi connectivity index (χ3n) is 2.18. The quantitative estimate of drug-likeness (QED) is 0.764. The zero-order valence-electron chi connectivity index (χ0n) is 7.89. The van der Waals surface area contributed by atoms with Gasteiger partial charge >= 0.3 is 0 Å². The van der Waals surface area contributed by atoms with Crippen molar-refractivity contribution in [3.05, 3.63) is 41.5 Å². The van der Waals surface area contributed by atoms with Crippen LogP contribution in [0.1, 0.15) is 17.3 Å². The van der Waals surface area contributed by atoms with Gasteiger partial charge in [-0.2, -0.15) is 5.21 Å². The number of nitrogens with one attached hydrogen (secondary N) is 1. The monoisotopic (exact) mass is 207 g/mol. The summed E-state index contributed by atoms with van der Waals surface area (Å²) in [4.78, 5) is 0. The van der Waals surface area contributed by atoms with E-state index in [1.165, 1.54) is 12.1 Å². The Balaban J connectivity index is 2.31. The van der Waals surface area contributed by atoms with Crippen LogP contribution in [0.3, 0.4) is 0 Å². The molecule has 0 bridgehead atoms. The summed E-state index contributed by atoms with van der Waals surface area (Å²) in [6.45, 7) is 0.352. The maximum Gasteiger partial charge on any atom is 0.183 e. The molecule has 0 spiro atoms. The Bertz CT molecular complexity index is 411. The lowest BCUT2D eigenvalue weighted by atomic mass is 9.99. The highest BCUT2D eigenvalue weighted by Gasteiger charge is 2.16. The van der Waals surface area contributed by atoms with Crippen LogP contribution in [-0.4, -0.2) is 27.2 Å². The Labute approximate surface area is 85.5 Å². The number of aromatic amines is 1. The van der Waals surface area contributed by atoms with Gasteiger partial charge < -0.3 is 5.73 Å². The zero-order chi connectivity index (χ0) is 10.7. The third kappa shape index (κ3) is 1.99. The summed E-state index contributed by atoms with van der Waals surface area (Å²) in [7, 11) is 0. The smallest absolute Gasteiger partial charge is 0.183 e. The molecule has 0 fully saturated rings. The molecule has 2 rings (SSSR count). The fourth-order valence-corrected chi connectivity index (χ4v) is 1.40. The van der Waals surface area contributed by atoms with Crippen molar-refractivity contribution in [2.24, 2.45) is 5.73 Å². The van der Waals surface area contributed by atoms with Crippen molar-refractivity contribution >= 4 is 0 Å². The van der Waals surface area contributed by atoms with Gasteiger partial charge in [0.15, 0.2) is 5.82 Å². The van der Waals surface area contributed by atoms with Crippen molar-refractivity contribution < 1.29 is 4.39 Å². The first-order chi connectivity index (χ1) is 7.31. The Hall–Kier alpha value is -1.82. The summed E-state index contributed by atoms with van der Waals surface area (Å²) in [6, 6.07) is 6.11. The van der Waals surface area contributed by atoms with Crippen LogP contribution in [0.2, 0.25) is 0 Å². The average Bonchev–Trinajstić information content (AvgIpc) is 2.75. The van der Waals surface area contributed by atoms with Gasteiger partial charge in [0.2, 0.25) is 0 Å². The van der Waals surface area contributed by atoms with Crippen LogP contribution in [0.4, 0.5) is 4.39 Å². The molecule has 0 saturated heterocycles. The minimum absolute atomic E-state index is 0.149. The molecular weight excluding hydrogens is 197 g/mol. The second-order valence-corrected chi connectivity index (χ2v) is 3.11. The first kappa shape index (κ1) is 9.72. The van der Waals surface area contributed by atoms with E-state index in [0.717, 1.165) is 5.56 Å². The van der Waals surface area contributed by atoms with Crippen molar-refractivity contribution in [1.29, 1.82) is 0 Å². The number of tetrazole rings is 1. The molecule has 3 N–H and O–H groups in total. The highest BCUT2D eigenvalue weighted by atomic mass is 19.1. The number of halogens is 1. The van der Waals surface area contributed by atoms with Crippen LogP contribution < -0.4 is 5.73 Å². The molecule has 1 atom stereocenters. The Morgan fingerprint density at radius 1 is 1.33 bits per heavy atom. The van der Waals surface area contributed by atoms with Crippen LogP contribution in [-0.2, 0) is 0 Å². The predicted molar refractivity (Wildman–Crippen MR) is 51.5 cm³/mol. The van der Waals surface area contributed by atoms with Crippen molar-refractivity contribution in [3.63, 3.8) is 0 Å². The minimum Gasteiger partial charge on any atom is -0.329 e. The van der Waals surface area contributed by atoms with Gasteiger partial charge in [-0.1, -0.05) is 17.3 Å². The van der Waals surface area contributed by atoms with Gasteiger partial charge in [-0.3, -0.25) is 0 Å². The molecular formula is C9H10FN5. The van der Waals surface area contributed by atoms with Crippen molar-refractivity contribution in [1.82, 2.24) is 20.6 Å². The number of hydrogen-bond acceptors (Lipinski definition) is 4. The molecule has 78 valence electrons. The predicted octanol–water partition coefficient (Wildman–Crippen LogP) is 0.429. The standard InChI is InChI=1S/C9H10FN5/c10-7-3-1-6(2-4-7)8(5-11)9-12-14-15-13-9/h1-4,8H,5,11H2,(H,12,13,14,15). The Kier molecular flexibility index (Phi) is 2.68. The van der Waals surface area contributed by atoms with E-state index >= 15 is 0 Å². The van der Waals surface area contributed by atoms with Crippen molar-refractivity contribution in [2.45, 2.75) is 5.92 Å². The molecule has 2 aromatic rings. The number of H-pyrrole nitrogens is 1. The number of hydrogen-bond donors (Lipinski definition) is 2. The number of nitrogens with zero attached hydrogens (tertiary/aromatic N) is 3. The summed E-state index contributed by atoms with van der Waals surface area (Å²) in [5.41, 5.74) is 6.49. The maximum atomic E-state index is 12.7. The lowest BCUT2D eigenvalue weighted by Crippen LogP contribution is -2.15. The van der Waals surface area contributed by atoms with Gasteiger partial charge in [0.1, 0.15) is 5.82 Å². The SMILES string of the molecule is NCC(c1ccc(F)cc1)c1nn[nH]n1. The second-order valence-electron chi connectivity index (χ2n) is 3.11. The third-order valence-corrected chi connectivity index (χ3v) is 2.18. The Morgan fingerprint density at radius 2 is 2.07 bits per heavy atom. The van der Waals surface area contributed by atoms with Gasteiger partial charge in [-0.15, -0.1) is 10.2 Å². The minimum atomic E-state index is -0.275.